The summed E-state index contributed by atoms with van der Waals surface area (Å²) in [5.41, 5.74) is 4.37. The highest BCUT2D eigenvalue weighted by atomic mass is 16.3. The van der Waals surface area contributed by atoms with Crippen molar-refractivity contribution in [3.63, 3.8) is 0 Å². The Morgan fingerprint density at radius 2 is 1.82 bits per heavy atom. The van der Waals surface area contributed by atoms with Crippen LogP contribution in [0.1, 0.15) is 18.4 Å². The predicted molar refractivity (Wildman–Crippen MR) is 113 cm³/mol. The number of nitrogens with one attached hydrogen (secondary N) is 2. The number of piperidine rings is 1. The van der Waals surface area contributed by atoms with Gasteiger partial charge in [-0.1, -0.05) is 24.3 Å². The summed E-state index contributed by atoms with van der Waals surface area (Å²) < 4.78 is 0. The molecule has 0 radical (unpaired) electrons. The van der Waals surface area contributed by atoms with E-state index < -0.39 is 0 Å². The standard InChI is InChI=1S/C21H24N6O/c1-27-12-10-16(11-13-27)23-20-17-7-3-4-8-18(17)24-21(25-20)26-22-14-15-6-2-5-9-19(15)28/h2-9,14,16,28H,10-13H2,1H3,(H2,23,24,25,26)/b22-14+. The first-order chi connectivity index (χ1) is 13.7. The van der Waals surface area contributed by atoms with Crippen molar-refractivity contribution in [2.45, 2.75) is 18.9 Å². The number of hydrogen-bond acceptors (Lipinski definition) is 7. The predicted octanol–water partition coefficient (Wildman–Crippen LogP) is 3.29. The van der Waals surface area contributed by atoms with E-state index in [2.05, 4.69) is 37.8 Å². The molecule has 2 heterocycles. The van der Waals surface area contributed by atoms with E-state index in [0.717, 1.165) is 42.7 Å². The Bertz CT molecular complexity index is 982. The van der Waals surface area contributed by atoms with Gasteiger partial charge in [-0.05, 0) is 57.2 Å². The summed E-state index contributed by atoms with van der Waals surface area (Å²) in [6.07, 6.45) is 3.73. The molecule has 7 nitrogen and oxygen atoms in total. The van der Waals surface area contributed by atoms with E-state index in [1.54, 1.807) is 24.4 Å². The van der Waals surface area contributed by atoms with Crippen LogP contribution >= 0.6 is 0 Å². The maximum absolute atomic E-state index is 9.83. The van der Waals surface area contributed by atoms with Gasteiger partial charge < -0.3 is 15.3 Å². The molecule has 0 amide bonds. The highest BCUT2D eigenvalue weighted by Crippen LogP contribution is 2.24. The Balaban J connectivity index is 1.56. The molecule has 1 aliphatic rings. The SMILES string of the molecule is CN1CCC(Nc2nc(N/N=C/c3ccccc3O)nc3ccccc23)CC1. The normalized spacial score (nSPS) is 15.9. The van der Waals surface area contributed by atoms with Crippen molar-refractivity contribution >= 4 is 28.9 Å². The van der Waals surface area contributed by atoms with Gasteiger partial charge >= 0.3 is 0 Å². The van der Waals surface area contributed by atoms with Crippen molar-refractivity contribution in [3.8, 4) is 5.75 Å². The molecular weight excluding hydrogens is 352 g/mol. The number of para-hydroxylation sites is 2. The number of phenolic OH excluding ortho intramolecular Hbond substituents is 1. The van der Waals surface area contributed by atoms with Crippen LogP contribution in [-0.2, 0) is 0 Å². The molecule has 3 N–H and O–H groups in total. The molecule has 1 aliphatic heterocycles. The molecule has 1 fully saturated rings. The van der Waals surface area contributed by atoms with Gasteiger partial charge in [0.05, 0.1) is 11.7 Å². The Labute approximate surface area is 164 Å². The number of likely N-dealkylation sites (tertiary alicyclic amines) is 1. The first-order valence-corrected chi connectivity index (χ1v) is 9.48. The van der Waals surface area contributed by atoms with Gasteiger partial charge in [-0.2, -0.15) is 10.1 Å². The van der Waals surface area contributed by atoms with Gasteiger partial charge in [-0.25, -0.2) is 10.4 Å². The van der Waals surface area contributed by atoms with Crippen LogP contribution in [0.15, 0.2) is 53.6 Å². The molecule has 28 heavy (non-hydrogen) atoms. The van der Waals surface area contributed by atoms with Gasteiger partial charge in [0.25, 0.3) is 0 Å². The van der Waals surface area contributed by atoms with Crippen LogP contribution < -0.4 is 10.7 Å². The van der Waals surface area contributed by atoms with E-state index in [0.29, 0.717) is 17.6 Å². The fourth-order valence-corrected chi connectivity index (χ4v) is 3.34. The van der Waals surface area contributed by atoms with E-state index in [-0.39, 0.29) is 5.75 Å². The zero-order chi connectivity index (χ0) is 19.3. The van der Waals surface area contributed by atoms with Crippen molar-refractivity contribution in [3.05, 3.63) is 54.1 Å². The summed E-state index contributed by atoms with van der Waals surface area (Å²) >= 11 is 0. The number of hydrogen-bond donors (Lipinski definition) is 3. The molecule has 0 atom stereocenters. The molecule has 2 aromatic carbocycles. The van der Waals surface area contributed by atoms with Crippen LogP contribution in [-0.4, -0.2) is 52.4 Å². The van der Waals surface area contributed by atoms with Crippen molar-refractivity contribution in [1.29, 1.82) is 0 Å². The maximum Gasteiger partial charge on any atom is 0.246 e. The number of aromatic nitrogens is 2. The number of aromatic hydroxyl groups is 1. The second kappa shape index (κ2) is 8.22. The fraction of sp³-hybridized carbons (Fsp3) is 0.286. The minimum atomic E-state index is 0.178. The lowest BCUT2D eigenvalue weighted by atomic mass is 10.1. The molecule has 0 spiro atoms. The highest BCUT2D eigenvalue weighted by Gasteiger charge is 2.18. The molecule has 1 saturated heterocycles. The van der Waals surface area contributed by atoms with E-state index in [4.69, 9.17) is 0 Å². The third-order valence-electron chi connectivity index (χ3n) is 4.97. The van der Waals surface area contributed by atoms with Gasteiger partial charge in [0.2, 0.25) is 5.95 Å². The smallest absolute Gasteiger partial charge is 0.246 e. The summed E-state index contributed by atoms with van der Waals surface area (Å²) in [7, 11) is 2.15. The van der Waals surface area contributed by atoms with Crippen LogP contribution in [0.3, 0.4) is 0 Å². The third kappa shape index (κ3) is 4.20. The number of rotatable bonds is 5. The second-order valence-corrected chi connectivity index (χ2v) is 7.06. The highest BCUT2D eigenvalue weighted by molar-refractivity contribution is 5.90. The van der Waals surface area contributed by atoms with Gasteiger partial charge in [-0.3, -0.25) is 0 Å². The average molecular weight is 376 g/mol. The van der Waals surface area contributed by atoms with Gasteiger partial charge in [0.1, 0.15) is 11.6 Å². The Morgan fingerprint density at radius 3 is 2.64 bits per heavy atom. The number of phenols is 1. The minimum Gasteiger partial charge on any atom is -0.507 e. The lowest BCUT2D eigenvalue weighted by Gasteiger charge is -2.30. The van der Waals surface area contributed by atoms with Crippen molar-refractivity contribution in [2.75, 3.05) is 30.9 Å². The number of nitrogens with zero attached hydrogens (tertiary/aromatic N) is 4. The summed E-state index contributed by atoms with van der Waals surface area (Å²) in [4.78, 5) is 11.5. The van der Waals surface area contributed by atoms with E-state index in [1.165, 1.54) is 0 Å². The lowest BCUT2D eigenvalue weighted by Crippen LogP contribution is -2.37. The van der Waals surface area contributed by atoms with Crippen LogP contribution in [0.2, 0.25) is 0 Å². The minimum absolute atomic E-state index is 0.178. The van der Waals surface area contributed by atoms with Gasteiger partial charge in [-0.15, -0.1) is 0 Å². The molecule has 0 aliphatic carbocycles. The summed E-state index contributed by atoms with van der Waals surface area (Å²) in [6.45, 7) is 2.16. The Morgan fingerprint density at radius 1 is 1.07 bits per heavy atom. The Kier molecular flexibility index (Phi) is 5.34. The number of benzene rings is 2. The maximum atomic E-state index is 9.83. The number of hydrazone groups is 1. The molecule has 1 aromatic heterocycles. The quantitative estimate of drug-likeness (QED) is 0.468. The second-order valence-electron chi connectivity index (χ2n) is 7.06. The molecule has 3 aromatic rings. The largest absolute Gasteiger partial charge is 0.507 e. The third-order valence-corrected chi connectivity index (χ3v) is 4.97. The monoisotopic (exact) mass is 376 g/mol. The molecule has 0 bridgehead atoms. The fourth-order valence-electron chi connectivity index (χ4n) is 3.34. The number of anilines is 2. The Hall–Kier alpha value is -3.19. The molecule has 4 rings (SSSR count). The number of fused-ring (bicyclic) bond motifs is 1. The van der Waals surface area contributed by atoms with E-state index >= 15 is 0 Å². The molecule has 7 heteroatoms. The lowest BCUT2D eigenvalue weighted by molar-refractivity contribution is 0.264. The van der Waals surface area contributed by atoms with Crippen LogP contribution in [0.5, 0.6) is 5.75 Å². The van der Waals surface area contributed by atoms with Crippen molar-refractivity contribution in [2.24, 2.45) is 5.10 Å². The molecular formula is C21H24N6O. The first kappa shape index (κ1) is 18.2. The summed E-state index contributed by atoms with van der Waals surface area (Å²) in [5, 5.41) is 18.6. The first-order valence-electron chi connectivity index (χ1n) is 9.48. The summed E-state index contributed by atoms with van der Waals surface area (Å²) in [6, 6.07) is 15.4. The van der Waals surface area contributed by atoms with E-state index in [9.17, 15) is 5.11 Å². The van der Waals surface area contributed by atoms with Gasteiger partial charge in [0.15, 0.2) is 0 Å². The van der Waals surface area contributed by atoms with Crippen LogP contribution in [0.25, 0.3) is 10.9 Å². The van der Waals surface area contributed by atoms with Gasteiger partial charge in [0, 0.05) is 17.0 Å². The average Bonchev–Trinajstić information content (AvgIpc) is 2.71. The zero-order valence-electron chi connectivity index (χ0n) is 15.8. The van der Waals surface area contributed by atoms with Crippen molar-refractivity contribution in [1.82, 2.24) is 14.9 Å². The van der Waals surface area contributed by atoms with Crippen LogP contribution in [0.4, 0.5) is 11.8 Å². The molecule has 0 unspecified atom stereocenters. The van der Waals surface area contributed by atoms with Crippen LogP contribution in [0, 0.1) is 0 Å². The zero-order valence-corrected chi connectivity index (χ0v) is 15.8. The molecule has 0 saturated carbocycles. The van der Waals surface area contributed by atoms with E-state index in [1.807, 2.05) is 30.3 Å². The summed E-state index contributed by atoms with van der Waals surface area (Å²) in [5.74, 6) is 1.42. The topological polar surface area (TPSA) is 85.7 Å². The molecule has 144 valence electrons. The van der Waals surface area contributed by atoms with Crippen molar-refractivity contribution < 1.29 is 5.11 Å².